The molecule has 8 heteroatoms. The highest BCUT2D eigenvalue weighted by atomic mass is 35.5. The number of nitrogens with one attached hydrogen (secondary N) is 1. The highest BCUT2D eigenvalue weighted by Gasteiger charge is 2.31. The predicted molar refractivity (Wildman–Crippen MR) is 75.1 cm³/mol. The first-order valence-electron chi connectivity index (χ1n) is 6.12. The second kappa shape index (κ2) is 5.95. The molecule has 0 amide bonds. The van der Waals surface area contributed by atoms with Gasteiger partial charge in [0, 0.05) is 36.1 Å². The minimum atomic E-state index is -4.45. The van der Waals surface area contributed by atoms with Crippen LogP contribution in [0.3, 0.4) is 0 Å². The fourth-order valence-corrected chi connectivity index (χ4v) is 2.17. The number of benzene rings is 1. The monoisotopic (exact) mass is 318 g/mol. The first-order chi connectivity index (χ1) is 9.79. The lowest BCUT2D eigenvalue weighted by Crippen LogP contribution is -2.20. The van der Waals surface area contributed by atoms with Crippen LogP contribution in [0.4, 0.5) is 18.9 Å². The molecule has 0 saturated carbocycles. The third-order valence-corrected chi connectivity index (χ3v) is 3.15. The molecule has 2 aromatic rings. The molecule has 0 saturated heterocycles. The van der Waals surface area contributed by atoms with Crippen LogP contribution in [0.5, 0.6) is 0 Å². The van der Waals surface area contributed by atoms with Crippen LogP contribution in [-0.2, 0) is 13.2 Å². The molecule has 1 unspecified atom stereocenters. The Bertz CT molecular complexity index is 624. The van der Waals surface area contributed by atoms with Crippen LogP contribution in [0.2, 0.25) is 5.02 Å². The van der Waals surface area contributed by atoms with Crippen LogP contribution in [0.15, 0.2) is 30.6 Å². The highest BCUT2D eigenvalue weighted by Crippen LogP contribution is 2.34. The number of hydrogen-bond acceptors (Lipinski definition) is 3. The number of aryl methyl sites for hydroxylation is 1. The Morgan fingerprint density at radius 3 is 2.62 bits per heavy atom. The van der Waals surface area contributed by atoms with Crippen molar-refractivity contribution in [1.29, 1.82) is 0 Å². The van der Waals surface area contributed by atoms with Gasteiger partial charge < -0.3 is 11.1 Å². The van der Waals surface area contributed by atoms with Gasteiger partial charge in [-0.15, -0.1) is 0 Å². The molecule has 1 atom stereocenters. The summed E-state index contributed by atoms with van der Waals surface area (Å²) >= 11 is 5.75. The van der Waals surface area contributed by atoms with Crippen molar-refractivity contribution in [3.8, 4) is 0 Å². The summed E-state index contributed by atoms with van der Waals surface area (Å²) in [6, 6.07) is 2.97. The Morgan fingerprint density at radius 2 is 2.10 bits per heavy atom. The third-order valence-electron chi connectivity index (χ3n) is 2.93. The second-order valence-corrected chi connectivity index (χ2v) is 5.04. The van der Waals surface area contributed by atoms with E-state index in [-0.39, 0.29) is 23.3 Å². The highest BCUT2D eigenvalue weighted by molar-refractivity contribution is 6.30. The van der Waals surface area contributed by atoms with E-state index in [2.05, 4.69) is 10.4 Å². The molecule has 2 rings (SSSR count). The fourth-order valence-electron chi connectivity index (χ4n) is 1.94. The normalized spacial score (nSPS) is 13.2. The summed E-state index contributed by atoms with van der Waals surface area (Å²) in [5.41, 5.74) is 5.91. The lowest BCUT2D eigenvalue weighted by molar-refractivity contribution is -0.137. The van der Waals surface area contributed by atoms with Crippen molar-refractivity contribution >= 4 is 17.3 Å². The van der Waals surface area contributed by atoms with Crippen LogP contribution in [-0.4, -0.2) is 16.3 Å². The molecule has 0 aliphatic rings. The van der Waals surface area contributed by atoms with Gasteiger partial charge in [0.1, 0.15) is 0 Å². The zero-order valence-electron chi connectivity index (χ0n) is 11.2. The van der Waals surface area contributed by atoms with Gasteiger partial charge >= 0.3 is 6.18 Å². The number of aromatic nitrogens is 2. The van der Waals surface area contributed by atoms with Crippen molar-refractivity contribution in [3.05, 3.63) is 46.7 Å². The van der Waals surface area contributed by atoms with Gasteiger partial charge in [0.05, 0.1) is 17.8 Å². The average molecular weight is 319 g/mol. The first-order valence-corrected chi connectivity index (χ1v) is 6.50. The molecule has 0 fully saturated rings. The van der Waals surface area contributed by atoms with Gasteiger partial charge in [-0.05, 0) is 18.2 Å². The molecule has 0 radical (unpaired) electrons. The number of nitrogens with zero attached hydrogens (tertiary/aromatic N) is 2. The van der Waals surface area contributed by atoms with Crippen LogP contribution in [0.25, 0.3) is 0 Å². The average Bonchev–Trinajstić information content (AvgIpc) is 2.81. The van der Waals surface area contributed by atoms with Gasteiger partial charge in [0.2, 0.25) is 0 Å². The van der Waals surface area contributed by atoms with Crippen molar-refractivity contribution in [2.24, 2.45) is 12.8 Å². The smallest absolute Gasteiger partial charge is 0.377 e. The van der Waals surface area contributed by atoms with E-state index in [1.165, 1.54) is 6.07 Å². The number of nitrogens with two attached hydrogens (primary N) is 1. The summed E-state index contributed by atoms with van der Waals surface area (Å²) in [5, 5.41) is 6.97. The van der Waals surface area contributed by atoms with E-state index in [1.807, 2.05) is 0 Å². The van der Waals surface area contributed by atoms with Crippen LogP contribution in [0, 0.1) is 0 Å². The summed E-state index contributed by atoms with van der Waals surface area (Å²) in [5.74, 6) is 0. The number of halogens is 4. The molecule has 0 spiro atoms. The molecule has 1 aromatic carbocycles. The Balaban J connectivity index is 2.27. The van der Waals surface area contributed by atoms with Crippen molar-refractivity contribution < 1.29 is 13.2 Å². The second-order valence-electron chi connectivity index (χ2n) is 4.61. The van der Waals surface area contributed by atoms with Gasteiger partial charge in [-0.2, -0.15) is 18.3 Å². The quantitative estimate of drug-likeness (QED) is 0.910. The maximum absolute atomic E-state index is 12.8. The zero-order valence-corrected chi connectivity index (χ0v) is 11.9. The molecule has 4 nitrogen and oxygen atoms in total. The molecular formula is C13H14ClF3N4. The minimum absolute atomic E-state index is 0.00860. The van der Waals surface area contributed by atoms with Crippen LogP contribution in [0.1, 0.15) is 17.2 Å². The van der Waals surface area contributed by atoms with E-state index in [1.54, 1.807) is 24.1 Å². The molecule has 0 bridgehead atoms. The maximum atomic E-state index is 12.8. The van der Waals surface area contributed by atoms with Crippen LogP contribution >= 0.6 is 11.6 Å². The Labute approximate surface area is 124 Å². The minimum Gasteiger partial charge on any atom is -0.377 e. The van der Waals surface area contributed by atoms with E-state index in [0.717, 1.165) is 17.7 Å². The Hall–Kier alpha value is -1.73. The summed E-state index contributed by atoms with van der Waals surface area (Å²) in [6.07, 6.45) is -1.09. The van der Waals surface area contributed by atoms with Crippen molar-refractivity contribution in [2.45, 2.75) is 12.2 Å². The molecule has 21 heavy (non-hydrogen) atoms. The molecular weight excluding hydrogens is 305 g/mol. The Kier molecular flexibility index (Phi) is 4.43. The lowest BCUT2D eigenvalue weighted by Gasteiger charge is -2.18. The molecule has 3 N–H and O–H groups in total. The van der Waals surface area contributed by atoms with Gasteiger partial charge in [-0.25, -0.2) is 0 Å². The largest absolute Gasteiger partial charge is 0.416 e. The number of hydrogen-bond donors (Lipinski definition) is 2. The maximum Gasteiger partial charge on any atom is 0.416 e. The van der Waals surface area contributed by atoms with Crippen molar-refractivity contribution in [1.82, 2.24) is 9.78 Å². The zero-order chi connectivity index (χ0) is 15.6. The molecule has 1 aromatic heterocycles. The van der Waals surface area contributed by atoms with E-state index in [0.29, 0.717) is 0 Å². The fraction of sp³-hybridized carbons (Fsp3) is 0.308. The van der Waals surface area contributed by atoms with Crippen LogP contribution < -0.4 is 11.1 Å². The standard InChI is InChI=1S/C13H14ClF3N4/c1-21-7-8(6-19-21)12(5-18)20-11-3-9(13(15,16)17)2-10(14)4-11/h2-4,6-7,12,20H,5,18H2,1H3. The molecule has 0 aliphatic heterocycles. The van der Waals surface area contributed by atoms with Crippen molar-refractivity contribution in [3.63, 3.8) is 0 Å². The summed E-state index contributed by atoms with van der Waals surface area (Å²) in [6.45, 7) is 0.208. The number of alkyl halides is 3. The predicted octanol–water partition coefficient (Wildman–Crippen LogP) is 3.20. The van der Waals surface area contributed by atoms with Gasteiger partial charge in [-0.3, -0.25) is 4.68 Å². The number of anilines is 1. The van der Waals surface area contributed by atoms with E-state index in [9.17, 15) is 13.2 Å². The number of rotatable bonds is 4. The SMILES string of the molecule is Cn1cc(C(CN)Nc2cc(Cl)cc(C(F)(F)F)c2)cn1. The molecule has 1 heterocycles. The van der Waals surface area contributed by atoms with E-state index >= 15 is 0 Å². The topological polar surface area (TPSA) is 55.9 Å². The molecule has 0 aliphatic carbocycles. The summed E-state index contributed by atoms with van der Waals surface area (Å²) in [4.78, 5) is 0. The third kappa shape index (κ3) is 3.89. The van der Waals surface area contributed by atoms with Crippen molar-refractivity contribution in [2.75, 3.05) is 11.9 Å². The molecule has 114 valence electrons. The van der Waals surface area contributed by atoms with E-state index in [4.69, 9.17) is 17.3 Å². The van der Waals surface area contributed by atoms with Gasteiger partial charge in [-0.1, -0.05) is 11.6 Å². The summed E-state index contributed by atoms with van der Waals surface area (Å²) < 4.78 is 39.9. The lowest BCUT2D eigenvalue weighted by atomic mass is 10.1. The first kappa shape index (κ1) is 15.7. The van der Waals surface area contributed by atoms with Gasteiger partial charge in [0.15, 0.2) is 0 Å². The Morgan fingerprint density at radius 1 is 1.38 bits per heavy atom. The van der Waals surface area contributed by atoms with E-state index < -0.39 is 11.7 Å². The van der Waals surface area contributed by atoms with Gasteiger partial charge in [0.25, 0.3) is 0 Å². The summed E-state index contributed by atoms with van der Waals surface area (Å²) in [7, 11) is 1.75.